The molecule has 144 valence electrons. The summed E-state index contributed by atoms with van der Waals surface area (Å²) in [6.45, 7) is 6.42. The van der Waals surface area contributed by atoms with Crippen LogP contribution in [0.4, 0.5) is 11.4 Å². The van der Waals surface area contributed by atoms with Crippen molar-refractivity contribution in [3.63, 3.8) is 0 Å². The van der Waals surface area contributed by atoms with E-state index in [1.165, 1.54) is 34.8 Å². The Kier molecular flexibility index (Phi) is 5.54. The molecule has 7 nitrogen and oxygen atoms in total. The number of carbonyl (C=O) groups is 1. The molecule has 0 saturated carbocycles. The van der Waals surface area contributed by atoms with Crippen molar-refractivity contribution in [1.82, 2.24) is 0 Å². The molecule has 0 radical (unpaired) electrons. The van der Waals surface area contributed by atoms with E-state index >= 15 is 0 Å². The maximum atomic E-state index is 12.9. The topological polar surface area (TPSA) is 85.0 Å². The number of amides is 1. The van der Waals surface area contributed by atoms with Gasteiger partial charge in [-0.2, -0.15) is 5.01 Å². The summed E-state index contributed by atoms with van der Waals surface area (Å²) in [6, 6.07) is 13.6. The van der Waals surface area contributed by atoms with E-state index in [-0.39, 0.29) is 17.5 Å². The highest BCUT2D eigenvalue weighted by Gasteiger charge is 2.32. The van der Waals surface area contributed by atoms with E-state index in [9.17, 15) is 14.9 Å². The lowest BCUT2D eigenvalue weighted by Gasteiger charge is -2.10. The second-order valence-corrected chi connectivity index (χ2v) is 6.61. The first-order chi connectivity index (χ1) is 13.4. The van der Waals surface area contributed by atoms with Gasteiger partial charge in [0.1, 0.15) is 5.57 Å². The first-order valence-corrected chi connectivity index (χ1v) is 9.03. The number of nitro groups is 1. The predicted molar refractivity (Wildman–Crippen MR) is 108 cm³/mol. The SMILES string of the molecule is CCOC1=NN(c2ccc([N+](=O)[O-])cc2)C(=O)/C1=C\c1ccc(C(C)C)cc1. The normalized spacial score (nSPS) is 15.3. The quantitative estimate of drug-likeness (QED) is 0.435. The summed E-state index contributed by atoms with van der Waals surface area (Å²) in [7, 11) is 0. The number of hydrogen-bond donors (Lipinski definition) is 0. The van der Waals surface area contributed by atoms with Crippen LogP contribution in [0.2, 0.25) is 0 Å². The number of ether oxygens (including phenoxy) is 1. The third-order valence-corrected chi connectivity index (χ3v) is 4.34. The van der Waals surface area contributed by atoms with Crippen LogP contribution in [0.1, 0.15) is 37.8 Å². The summed E-state index contributed by atoms with van der Waals surface area (Å²) in [6.07, 6.45) is 1.74. The molecule has 2 aromatic rings. The molecular formula is C21H21N3O4. The molecule has 1 amide bonds. The van der Waals surface area contributed by atoms with Crippen molar-refractivity contribution in [3.05, 3.63) is 75.3 Å². The molecule has 0 aromatic heterocycles. The van der Waals surface area contributed by atoms with Gasteiger partial charge < -0.3 is 4.74 Å². The monoisotopic (exact) mass is 379 g/mol. The molecule has 1 heterocycles. The van der Waals surface area contributed by atoms with Crippen molar-refractivity contribution in [2.45, 2.75) is 26.7 Å². The zero-order valence-electron chi connectivity index (χ0n) is 16.0. The molecule has 0 aliphatic carbocycles. The van der Waals surface area contributed by atoms with Crippen molar-refractivity contribution in [2.24, 2.45) is 5.10 Å². The molecule has 0 unspecified atom stereocenters. The second kappa shape index (κ2) is 8.04. The minimum absolute atomic E-state index is 0.0505. The number of anilines is 1. The van der Waals surface area contributed by atoms with Crippen LogP contribution in [0.5, 0.6) is 0 Å². The van der Waals surface area contributed by atoms with E-state index in [0.29, 0.717) is 23.8 Å². The van der Waals surface area contributed by atoms with Gasteiger partial charge in [-0.3, -0.25) is 14.9 Å². The Bertz CT molecular complexity index is 945. The number of carbonyl (C=O) groups excluding carboxylic acids is 1. The van der Waals surface area contributed by atoms with Gasteiger partial charge in [-0.25, -0.2) is 0 Å². The van der Waals surface area contributed by atoms with Gasteiger partial charge in [0.05, 0.1) is 17.2 Å². The highest BCUT2D eigenvalue weighted by molar-refractivity contribution is 6.30. The molecular weight excluding hydrogens is 358 g/mol. The van der Waals surface area contributed by atoms with Gasteiger partial charge in [0.15, 0.2) is 0 Å². The largest absolute Gasteiger partial charge is 0.476 e. The van der Waals surface area contributed by atoms with Gasteiger partial charge in [-0.05, 0) is 42.2 Å². The standard InChI is InChI=1S/C21H21N3O4/c1-4-28-20-19(13-15-5-7-16(8-6-15)14(2)3)21(25)23(22-20)17-9-11-18(12-10-17)24(26)27/h5-14H,4H2,1-3H3/b19-13-. The Morgan fingerprint density at radius 2 is 1.79 bits per heavy atom. The van der Waals surface area contributed by atoms with E-state index in [0.717, 1.165) is 5.56 Å². The van der Waals surface area contributed by atoms with Crippen molar-refractivity contribution in [3.8, 4) is 0 Å². The van der Waals surface area contributed by atoms with E-state index in [1.807, 2.05) is 31.2 Å². The number of nitrogens with zero attached hydrogens (tertiary/aromatic N) is 3. The lowest BCUT2D eigenvalue weighted by Crippen LogP contribution is -2.21. The van der Waals surface area contributed by atoms with Gasteiger partial charge in [0.2, 0.25) is 5.90 Å². The highest BCUT2D eigenvalue weighted by atomic mass is 16.6. The molecule has 0 atom stereocenters. The second-order valence-electron chi connectivity index (χ2n) is 6.61. The Morgan fingerprint density at radius 3 is 2.32 bits per heavy atom. The van der Waals surface area contributed by atoms with Crippen LogP contribution in [-0.4, -0.2) is 23.3 Å². The third-order valence-electron chi connectivity index (χ3n) is 4.34. The molecule has 1 aliphatic rings. The van der Waals surface area contributed by atoms with Crippen LogP contribution in [0.3, 0.4) is 0 Å². The number of nitro benzene ring substituents is 1. The Balaban J connectivity index is 1.92. The average molecular weight is 379 g/mol. The summed E-state index contributed by atoms with van der Waals surface area (Å²) >= 11 is 0. The lowest BCUT2D eigenvalue weighted by molar-refractivity contribution is -0.384. The first-order valence-electron chi connectivity index (χ1n) is 9.03. The molecule has 2 aromatic carbocycles. The number of benzene rings is 2. The molecule has 3 rings (SSSR count). The maximum absolute atomic E-state index is 12.9. The van der Waals surface area contributed by atoms with Crippen LogP contribution in [0.25, 0.3) is 6.08 Å². The van der Waals surface area contributed by atoms with Crippen LogP contribution in [0.15, 0.2) is 59.2 Å². The molecule has 28 heavy (non-hydrogen) atoms. The summed E-state index contributed by atoms with van der Waals surface area (Å²) in [5.74, 6) is 0.317. The maximum Gasteiger partial charge on any atom is 0.284 e. The highest BCUT2D eigenvalue weighted by Crippen LogP contribution is 2.27. The van der Waals surface area contributed by atoms with Gasteiger partial charge in [0, 0.05) is 12.1 Å². The minimum Gasteiger partial charge on any atom is -0.476 e. The minimum atomic E-state index is -0.489. The molecule has 0 saturated heterocycles. The average Bonchev–Trinajstić information content (AvgIpc) is 2.98. The fourth-order valence-corrected chi connectivity index (χ4v) is 2.80. The van der Waals surface area contributed by atoms with Gasteiger partial charge in [-0.15, -0.1) is 5.10 Å². The molecule has 0 spiro atoms. The van der Waals surface area contributed by atoms with Gasteiger partial charge >= 0.3 is 0 Å². The zero-order valence-corrected chi connectivity index (χ0v) is 16.0. The van der Waals surface area contributed by atoms with Crippen LogP contribution in [0, 0.1) is 10.1 Å². The predicted octanol–water partition coefficient (Wildman–Crippen LogP) is 4.50. The fourth-order valence-electron chi connectivity index (χ4n) is 2.80. The molecule has 1 aliphatic heterocycles. The zero-order chi connectivity index (χ0) is 20.3. The Labute approximate surface area is 163 Å². The molecule has 0 N–H and O–H groups in total. The van der Waals surface area contributed by atoms with Crippen molar-refractivity contribution in [1.29, 1.82) is 0 Å². The van der Waals surface area contributed by atoms with E-state index in [4.69, 9.17) is 4.74 Å². The molecule has 0 fully saturated rings. The van der Waals surface area contributed by atoms with Gasteiger partial charge in [-0.1, -0.05) is 38.1 Å². The lowest BCUT2D eigenvalue weighted by atomic mass is 10.0. The van der Waals surface area contributed by atoms with Crippen molar-refractivity contribution in [2.75, 3.05) is 11.6 Å². The number of hydrogen-bond acceptors (Lipinski definition) is 5. The van der Waals surface area contributed by atoms with Gasteiger partial charge in [0.25, 0.3) is 11.6 Å². The van der Waals surface area contributed by atoms with E-state index < -0.39 is 4.92 Å². The number of non-ortho nitro benzene ring substituents is 1. The smallest absolute Gasteiger partial charge is 0.284 e. The van der Waals surface area contributed by atoms with Crippen molar-refractivity contribution >= 4 is 29.3 Å². The van der Waals surface area contributed by atoms with E-state index in [2.05, 4.69) is 18.9 Å². The first kappa shape index (κ1) is 19.3. The van der Waals surface area contributed by atoms with Crippen LogP contribution < -0.4 is 5.01 Å². The Hall–Kier alpha value is -3.48. The number of rotatable bonds is 5. The number of hydrazone groups is 1. The summed E-state index contributed by atoms with van der Waals surface area (Å²) < 4.78 is 5.54. The van der Waals surface area contributed by atoms with Crippen molar-refractivity contribution < 1.29 is 14.5 Å². The van der Waals surface area contributed by atoms with Crippen LogP contribution >= 0.6 is 0 Å². The summed E-state index contributed by atoms with van der Waals surface area (Å²) in [4.78, 5) is 23.3. The van der Waals surface area contributed by atoms with Crippen LogP contribution in [-0.2, 0) is 9.53 Å². The summed E-state index contributed by atoms with van der Waals surface area (Å²) in [5, 5.41) is 16.3. The molecule has 7 heteroatoms. The summed E-state index contributed by atoms with van der Waals surface area (Å²) in [5.41, 5.74) is 2.81. The molecule has 0 bridgehead atoms. The Morgan fingerprint density at radius 1 is 1.14 bits per heavy atom. The fraction of sp³-hybridized carbons (Fsp3) is 0.238. The van der Waals surface area contributed by atoms with E-state index in [1.54, 1.807) is 6.08 Å². The third kappa shape index (κ3) is 3.93.